The Kier molecular flexibility index (Phi) is 6.42. The van der Waals surface area contributed by atoms with Crippen molar-refractivity contribution in [2.75, 3.05) is 59.5 Å². The number of piperazine rings is 1. The SMILES string of the molecule is CN1CCN(C(=O)c2ccc3c(-c4cc5cc(OCCN6CCCCC6)ccc5[nH]4)c[nH]c3c2)CC1. The number of H-pyrrole nitrogens is 2. The number of carbonyl (C=O) groups excluding carboxylic acids is 1. The molecule has 2 aliphatic heterocycles. The molecule has 4 heterocycles. The molecule has 2 aromatic carbocycles. The second kappa shape index (κ2) is 9.99. The maximum atomic E-state index is 13.0. The van der Waals surface area contributed by atoms with Gasteiger partial charge in [0.25, 0.3) is 5.91 Å². The van der Waals surface area contributed by atoms with Gasteiger partial charge in [-0.05, 0) is 69.4 Å². The number of nitrogens with one attached hydrogen (secondary N) is 2. The van der Waals surface area contributed by atoms with Crippen LogP contribution in [0, 0.1) is 0 Å². The standard InChI is InChI=1S/C29H35N5O2/c1-32-11-13-34(14-12-32)29(35)21-5-7-24-25(20-30-27(24)18-21)28-19-22-17-23(6-8-26(22)31-28)36-16-15-33-9-3-2-4-10-33/h5-8,17-20,30-31H,2-4,9-16H2,1H3. The predicted octanol–water partition coefficient (Wildman–Crippen LogP) is 4.57. The van der Waals surface area contributed by atoms with Crippen molar-refractivity contribution in [3.8, 4) is 17.0 Å². The molecule has 0 bridgehead atoms. The number of aromatic nitrogens is 2. The molecule has 2 saturated heterocycles. The molecular weight excluding hydrogens is 450 g/mol. The topological polar surface area (TPSA) is 67.6 Å². The van der Waals surface area contributed by atoms with Gasteiger partial charge in [0.15, 0.2) is 0 Å². The highest BCUT2D eigenvalue weighted by Gasteiger charge is 2.21. The molecule has 0 spiro atoms. The van der Waals surface area contributed by atoms with E-state index < -0.39 is 0 Å². The Bertz CT molecular complexity index is 1360. The Morgan fingerprint density at radius 3 is 2.58 bits per heavy atom. The van der Waals surface area contributed by atoms with Gasteiger partial charge in [-0.15, -0.1) is 0 Å². The van der Waals surface area contributed by atoms with Crippen LogP contribution in [0.3, 0.4) is 0 Å². The normalized spacial score (nSPS) is 17.8. The largest absolute Gasteiger partial charge is 0.492 e. The Morgan fingerprint density at radius 1 is 0.917 bits per heavy atom. The lowest BCUT2D eigenvalue weighted by molar-refractivity contribution is 0.0664. The quantitative estimate of drug-likeness (QED) is 0.420. The molecule has 0 aliphatic carbocycles. The first-order valence-corrected chi connectivity index (χ1v) is 13.2. The zero-order chi connectivity index (χ0) is 24.5. The van der Waals surface area contributed by atoms with E-state index in [0.29, 0.717) is 0 Å². The van der Waals surface area contributed by atoms with Crippen LogP contribution < -0.4 is 4.74 Å². The average molecular weight is 486 g/mol. The number of carbonyl (C=O) groups is 1. The van der Waals surface area contributed by atoms with Gasteiger partial charge in [0, 0.05) is 77.5 Å². The number of rotatable bonds is 6. The highest BCUT2D eigenvalue weighted by atomic mass is 16.5. The number of hydrogen-bond donors (Lipinski definition) is 2. The van der Waals surface area contributed by atoms with E-state index in [1.807, 2.05) is 29.3 Å². The minimum absolute atomic E-state index is 0.111. The summed E-state index contributed by atoms with van der Waals surface area (Å²) in [5.41, 5.74) is 4.96. The Labute approximate surface area is 212 Å². The Hall–Kier alpha value is -3.29. The molecule has 4 aromatic rings. The minimum atomic E-state index is 0.111. The van der Waals surface area contributed by atoms with E-state index in [1.54, 1.807) is 0 Å². The number of hydrogen-bond acceptors (Lipinski definition) is 4. The molecule has 7 nitrogen and oxygen atoms in total. The molecule has 1 amide bonds. The number of nitrogens with zero attached hydrogens (tertiary/aromatic N) is 3. The van der Waals surface area contributed by atoms with Crippen molar-refractivity contribution in [2.45, 2.75) is 19.3 Å². The van der Waals surface area contributed by atoms with Crippen molar-refractivity contribution in [2.24, 2.45) is 0 Å². The van der Waals surface area contributed by atoms with Crippen molar-refractivity contribution in [3.05, 3.63) is 54.2 Å². The number of amides is 1. The van der Waals surface area contributed by atoms with Crippen molar-refractivity contribution in [1.82, 2.24) is 24.7 Å². The van der Waals surface area contributed by atoms with Gasteiger partial charge in [-0.1, -0.05) is 12.5 Å². The van der Waals surface area contributed by atoms with E-state index >= 15 is 0 Å². The zero-order valence-electron chi connectivity index (χ0n) is 21.1. The number of aromatic amines is 2. The second-order valence-electron chi connectivity index (χ2n) is 10.2. The molecule has 6 rings (SSSR count). The molecule has 36 heavy (non-hydrogen) atoms. The summed E-state index contributed by atoms with van der Waals surface area (Å²) in [7, 11) is 2.10. The predicted molar refractivity (Wildman–Crippen MR) is 145 cm³/mol. The van der Waals surface area contributed by atoms with E-state index in [1.165, 1.54) is 32.4 Å². The van der Waals surface area contributed by atoms with E-state index in [4.69, 9.17) is 4.74 Å². The van der Waals surface area contributed by atoms with Gasteiger partial charge in [-0.25, -0.2) is 0 Å². The Balaban J connectivity index is 1.17. The molecule has 2 aromatic heterocycles. The van der Waals surface area contributed by atoms with E-state index in [9.17, 15) is 4.79 Å². The molecule has 0 saturated carbocycles. The van der Waals surface area contributed by atoms with Crippen LogP contribution >= 0.6 is 0 Å². The maximum absolute atomic E-state index is 13.0. The lowest BCUT2D eigenvalue weighted by Crippen LogP contribution is -2.47. The van der Waals surface area contributed by atoms with E-state index in [-0.39, 0.29) is 5.91 Å². The van der Waals surface area contributed by atoms with Gasteiger partial charge in [-0.2, -0.15) is 0 Å². The summed E-state index contributed by atoms with van der Waals surface area (Å²) in [5.74, 6) is 1.02. The fourth-order valence-corrected chi connectivity index (χ4v) is 5.50. The highest BCUT2D eigenvalue weighted by molar-refractivity contribution is 6.02. The van der Waals surface area contributed by atoms with Gasteiger partial charge in [0.1, 0.15) is 12.4 Å². The van der Waals surface area contributed by atoms with Crippen molar-refractivity contribution in [1.29, 1.82) is 0 Å². The van der Waals surface area contributed by atoms with Crippen LogP contribution in [0.25, 0.3) is 33.1 Å². The van der Waals surface area contributed by atoms with Crippen LogP contribution in [-0.2, 0) is 0 Å². The third kappa shape index (κ3) is 4.73. The first kappa shape index (κ1) is 23.1. The second-order valence-corrected chi connectivity index (χ2v) is 10.2. The highest BCUT2D eigenvalue weighted by Crippen LogP contribution is 2.32. The van der Waals surface area contributed by atoms with Crippen molar-refractivity contribution >= 4 is 27.7 Å². The van der Waals surface area contributed by atoms with Crippen LogP contribution in [0.1, 0.15) is 29.6 Å². The molecular formula is C29H35N5O2. The van der Waals surface area contributed by atoms with Crippen molar-refractivity contribution < 1.29 is 9.53 Å². The molecule has 2 aliphatic rings. The summed E-state index contributed by atoms with van der Waals surface area (Å²) < 4.78 is 6.08. The number of ether oxygens (including phenoxy) is 1. The van der Waals surface area contributed by atoms with Crippen molar-refractivity contribution in [3.63, 3.8) is 0 Å². The minimum Gasteiger partial charge on any atom is -0.492 e. The first-order chi connectivity index (χ1) is 17.6. The van der Waals surface area contributed by atoms with Gasteiger partial charge in [0.2, 0.25) is 0 Å². The number of piperidine rings is 1. The number of benzene rings is 2. The molecule has 0 radical (unpaired) electrons. The lowest BCUT2D eigenvalue weighted by atomic mass is 10.1. The fraction of sp³-hybridized carbons (Fsp3) is 0.414. The number of likely N-dealkylation sites (tertiary alicyclic amines) is 1. The first-order valence-electron chi connectivity index (χ1n) is 13.2. The molecule has 0 atom stereocenters. The third-order valence-corrected chi connectivity index (χ3v) is 7.73. The third-order valence-electron chi connectivity index (χ3n) is 7.73. The smallest absolute Gasteiger partial charge is 0.254 e. The summed E-state index contributed by atoms with van der Waals surface area (Å²) in [6.45, 7) is 7.51. The molecule has 7 heteroatoms. The maximum Gasteiger partial charge on any atom is 0.254 e. The van der Waals surface area contributed by atoms with Gasteiger partial charge in [-0.3, -0.25) is 9.69 Å². The van der Waals surface area contributed by atoms with Crippen LogP contribution in [0.2, 0.25) is 0 Å². The molecule has 2 N–H and O–H groups in total. The average Bonchev–Trinajstić information content (AvgIpc) is 3.52. The number of fused-ring (bicyclic) bond motifs is 2. The van der Waals surface area contributed by atoms with Crippen LogP contribution in [0.5, 0.6) is 5.75 Å². The summed E-state index contributed by atoms with van der Waals surface area (Å²) in [6.07, 6.45) is 5.99. The van der Waals surface area contributed by atoms with Gasteiger partial charge in [0.05, 0.1) is 0 Å². The van der Waals surface area contributed by atoms with Crippen LogP contribution in [-0.4, -0.2) is 90.0 Å². The zero-order valence-corrected chi connectivity index (χ0v) is 21.1. The summed E-state index contributed by atoms with van der Waals surface area (Å²) >= 11 is 0. The van der Waals surface area contributed by atoms with Gasteiger partial charge >= 0.3 is 0 Å². The summed E-state index contributed by atoms with van der Waals surface area (Å²) in [4.78, 5) is 26.7. The van der Waals surface area contributed by atoms with E-state index in [2.05, 4.69) is 51.1 Å². The monoisotopic (exact) mass is 485 g/mol. The van der Waals surface area contributed by atoms with Gasteiger partial charge < -0.3 is 24.5 Å². The summed E-state index contributed by atoms with van der Waals surface area (Å²) in [6, 6.07) is 14.4. The van der Waals surface area contributed by atoms with E-state index in [0.717, 1.165) is 83.7 Å². The molecule has 0 unspecified atom stereocenters. The van der Waals surface area contributed by atoms with Crippen LogP contribution in [0.4, 0.5) is 0 Å². The molecule has 2 fully saturated rings. The summed E-state index contributed by atoms with van der Waals surface area (Å²) in [5, 5.41) is 2.24. The Morgan fingerprint density at radius 2 is 1.75 bits per heavy atom. The fourth-order valence-electron chi connectivity index (χ4n) is 5.50. The van der Waals surface area contributed by atoms with Crippen LogP contribution in [0.15, 0.2) is 48.7 Å². The lowest BCUT2D eigenvalue weighted by Gasteiger charge is -2.32. The molecule has 188 valence electrons. The number of likely N-dealkylation sites (N-methyl/N-ethyl adjacent to an activating group) is 1.